The Labute approximate surface area is 135 Å². The number of aryl methyl sites for hydroxylation is 1. The van der Waals surface area contributed by atoms with E-state index in [0.717, 1.165) is 24.1 Å². The highest BCUT2D eigenvalue weighted by Gasteiger charge is 2.24. The zero-order valence-corrected chi connectivity index (χ0v) is 13.3. The maximum Gasteiger partial charge on any atom is 0.258 e. The minimum Gasteiger partial charge on any atom is -0.497 e. The molecule has 0 saturated heterocycles. The van der Waals surface area contributed by atoms with Crippen molar-refractivity contribution in [2.75, 3.05) is 18.6 Å². The number of hydrogen-bond donors (Lipinski definition) is 0. The van der Waals surface area contributed by atoms with E-state index in [1.54, 1.807) is 31.1 Å². The Morgan fingerprint density at radius 3 is 2.65 bits per heavy atom. The molecule has 0 atom stereocenters. The fraction of sp³-hybridized carbons (Fsp3) is 0.263. The van der Waals surface area contributed by atoms with Crippen LogP contribution in [0.2, 0.25) is 0 Å². The quantitative estimate of drug-likeness (QED) is 0.815. The van der Waals surface area contributed by atoms with Crippen LogP contribution in [0.5, 0.6) is 5.75 Å². The second-order valence-electron chi connectivity index (χ2n) is 5.69. The molecule has 1 amide bonds. The monoisotopic (exact) mass is 309 g/mol. The molecule has 0 bridgehead atoms. The lowest BCUT2D eigenvalue weighted by Gasteiger charge is -2.30. The molecule has 2 aromatic carbocycles. The van der Waals surface area contributed by atoms with Gasteiger partial charge in [0, 0.05) is 23.4 Å². The lowest BCUT2D eigenvalue weighted by Crippen LogP contribution is -2.35. The third-order valence-corrected chi connectivity index (χ3v) is 4.17. The standard InChI is InChI=1S/C19H19NO3/c1-13(21)15-9-8-14-6-4-10-20(18(14)12-15)19(22)16-5-3-7-17(11-16)23-2/h3,5,7-9,11-12H,4,6,10H2,1-2H3. The van der Waals surface area contributed by atoms with E-state index in [-0.39, 0.29) is 11.7 Å². The number of benzene rings is 2. The van der Waals surface area contributed by atoms with Crippen LogP contribution in [0.15, 0.2) is 42.5 Å². The van der Waals surface area contributed by atoms with Gasteiger partial charge in [0.1, 0.15) is 5.75 Å². The molecule has 1 heterocycles. The van der Waals surface area contributed by atoms with E-state index in [1.165, 1.54) is 0 Å². The molecule has 0 saturated carbocycles. The Morgan fingerprint density at radius 1 is 1.09 bits per heavy atom. The van der Waals surface area contributed by atoms with E-state index in [0.29, 0.717) is 23.4 Å². The summed E-state index contributed by atoms with van der Waals surface area (Å²) in [6.07, 6.45) is 1.84. The normalized spacial score (nSPS) is 13.4. The molecule has 23 heavy (non-hydrogen) atoms. The Hall–Kier alpha value is -2.62. The van der Waals surface area contributed by atoms with Crippen LogP contribution in [0.25, 0.3) is 0 Å². The summed E-state index contributed by atoms with van der Waals surface area (Å²) in [5.74, 6) is 0.600. The van der Waals surface area contributed by atoms with Crippen molar-refractivity contribution in [3.8, 4) is 5.75 Å². The maximum absolute atomic E-state index is 12.9. The molecule has 0 radical (unpaired) electrons. The van der Waals surface area contributed by atoms with Crippen LogP contribution in [0, 0.1) is 0 Å². The smallest absolute Gasteiger partial charge is 0.258 e. The first-order valence-electron chi connectivity index (χ1n) is 7.70. The summed E-state index contributed by atoms with van der Waals surface area (Å²) in [6, 6.07) is 12.8. The third-order valence-electron chi connectivity index (χ3n) is 4.17. The molecule has 1 aliphatic heterocycles. The molecule has 0 N–H and O–H groups in total. The van der Waals surface area contributed by atoms with Gasteiger partial charge in [-0.2, -0.15) is 0 Å². The maximum atomic E-state index is 12.9. The number of ether oxygens (including phenoxy) is 1. The zero-order valence-electron chi connectivity index (χ0n) is 13.3. The Morgan fingerprint density at radius 2 is 1.91 bits per heavy atom. The molecular formula is C19H19NO3. The summed E-state index contributed by atoms with van der Waals surface area (Å²) in [7, 11) is 1.58. The van der Waals surface area contributed by atoms with E-state index >= 15 is 0 Å². The van der Waals surface area contributed by atoms with Gasteiger partial charge < -0.3 is 9.64 Å². The average molecular weight is 309 g/mol. The van der Waals surface area contributed by atoms with Gasteiger partial charge in [0.25, 0.3) is 5.91 Å². The van der Waals surface area contributed by atoms with Crippen LogP contribution in [0.4, 0.5) is 5.69 Å². The Bertz CT molecular complexity index is 767. The Kier molecular flexibility index (Phi) is 4.15. The number of amides is 1. The van der Waals surface area contributed by atoms with E-state index in [9.17, 15) is 9.59 Å². The minimum absolute atomic E-state index is 0.00662. The van der Waals surface area contributed by atoms with Gasteiger partial charge in [0.2, 0.25) is 0 Å². The number of methoxy groups -OCH3 is 1. The van der Waals surface area contributed by atoms with Crippen molar-refractivity contribution in [2.45, 2.75) is 19.8 Å². The number of fused-ring (bicyclic) bond motifs is 1. The van der Waals surface area contributed by atoms with Gasteiger partial charge in [-0.05, 0) is 49.6 Å². The summed E-state index contributed by atoms with van der Waals surface area (Å²) >= 11 is 0. The lowest BCUT2D eigenvalue weighted by atomic mass is 9.97. The second kappa shape index (κ2) is 6.24. The molecule has 118 valence electrons. The van der Waals surface area contributed by atoms with Crippen LogP contribution in [-0.4, -0.2) is 25.3 Å². The SMILES string of the molecule is COc1cccc(C(=O)N2CCCc3ccc(C(C)=O)cc32)c1. The number of rotatable bonds is 3. The first-order chi connectivity index (χ1) is 11.1. The van der Waals surface area contributed by atoms with Crippen molar-refractivity contribution >= 4 is 17.4 Å². The van der Waals surface area contributed by atoms with Gasteiger partial charge in [-0.1, -0.05) is 18.2 Å². The van der Waals surface area contributed by atoms with Gasteiger partial charge in [-0.25, -0.2) is 0 Å². The molecule has 0 aliphatic carbocycles. The molecule has 4 heteroatoms. The predicted molar refractivity (Wildman–Crippen MR) is 89.4 cm³/mol. The average Bonchev–Trinajstić information content (AvgIpc) is 2.60. The van der Waals surface area contributed by atoms with Crippen LogP contribution in [0.1, 0.15) is 39.6 Å². The van der Waals surface area contributed by atoms with Gasteiger partial charge in [0.05, 0.1) is 7.11 Å². The first kappa shape index (κ1) is 15.3. The van der Waals surface area contributed by atoms with Crippen LogP contribution in [0.3, 0.4) is 0 Å². The highest BCUT2D eigenvalue weighted by atomic mass is 16.5. The molecule has 0 unspecified atom stereocenters. The largest absolute Gasteiger partial charge is 0.497 e. The van der Waals surface area contributed by atoms with Crippen LogP contribution >= 0.6 is 0 Å². The third kappa shape index (κ3) is 2.97. The molecular weight excluding hydrogens is 290 g/mol. The molecule has 0 aromatic heterocycles. The molecule has 0 fully saturated rings. The number of ketones is 1. The van der Waals surface area contributed by atoms with Crippen molar-refractivity contribution in [3.05, 3.63) is 59.2 Å². The molecule has 1 aliphatic rings. The summed E-state index contributed by atoms with van der Waals surface area (Å²) in [5, 5.41) is 0. The van der Waals surface area contributed by atoms with Gasteiger partial charge >= 0.3 is 0 Å². The number of hydrogen-bond acceptors (Lipinski definition) is 3. The van der Waals surface area contributed by atoms with E-state index in [1.807, 2.05) is 30.3 Å². The van der Waals surface area contributed by atoms with Crippen molar-refractivity contribution < 1.29 is 14.3 Å². The summed E-state index contributed by atoms with van der Waals surface area (Å²) < 4.78 is 5.20. The summed E-state index contributed by atoms with van der Waals surface area (Å²) in [4.78, 5) is 26.3. The number of carbonyl (C=O) groups excluding carboxylic acids is 2. The summed E-state index contributed by atoms with van der Waals surface area (Å²) in [6.45, 7) is 2.20. The zero-order chi connectivity index (χ0) is 16.4. The number of anilines is 1. The van der Waals surface area contributed by atoms with Gasteiger partial charge in [-0.3, -0.25) is 9.59 Å². The van der Waals surface area contributed by atoms with E-state index in [4.69, 9.17) is 4.74 Å². The fourth-order valence-corrected chi connectivity index (χ4v) is 2.92. The highest BCUT2D eigenvalue weighted by Crippen LogP contribution is 2.30. The lowest BCUT2D eigenvalue weighted by molar-refractivity contribution is 0.0981. The number of Topliss-reactive ketones (excluding diaryl/α,β-unsaturated/α-hetero) is 1. The van der Waals surface area contributed by atoms with Crippen LogP contribution in [-0.2, 0) is 6.42 Å². The molecule has 0 spiro atoms. The van der Waals surface area contributed by atoms with E-state index in [2.05, 4.69) is 0 Å². The first-order valence-corrected chi connectivity index (χ1v) is 7.70. The molecule has 3 rings (SSSR count). The topological polar surface area (TPSA) is 46.6 Å². The van der Waals surface area contributed by atoms with Crippen molar-refractivity contribution in [3.63, 3.8) is 0 Å². The van der Waals surface area contributed by atoms with Crippen molar-refractivity contribution in [1.82, 2.24) is 0 Å². The summed E-state index contributed by atoms with van der Waals surface area (Å²) in [5.41, 5.74) is 3.17. The van der Waals surface area contributed by atoms with Crippen molar-refractivity contribution in [1.29, 1.82) is 0 Å². The minimum atomic E-state index is -0.0643. The van der Waals surface area contributed by atoms with E-state index < -0.39 is 0 Å². The predicted octanol–water partition coefficient (Wildman–Crippen LogP) is 3.49. The Balaban J connectivity index is 2.00. The molecule has 4 nitrogen and oxygen atoms in total. The van der Waals surface area contributed by atoms with Gasteiger partial charge in [-0.15, -0.1) is 0 Å². The number of nitrogens with zero attached hydrogens (tertiary/aromatic N) is 1. The van der Waals surface area contributed by atoms with Crippen LogP contribution < -0.4 is 9.64 Å². The second-order valence-corrected chi connectivity index (χ2v) is 5.69. The number of carbonyl (C=O) groups is 2. The van der Waals surface area contributed by atoms with Crippen molar-refractivity contribution in [2.24, 2.45) is 0 Å². The highest BCUT2D eigenvalue weighted by molar-refractivity contribution is 6.07. The molecule has 2 aromatic rings. The van der Waals surface area contributed by atoms with Gasteiger partial charge in [0.15, 0.2) is 5.78 Å². The fourth-order valence-electron chi connectivity index (χ4n) is 2.92.